The van der Waals surface area contributed by atoms with E-state index in [4.69, 9.17) is 9.47 Å². The molecule has 0 aliphatic heterocycles. The molecular weight excluding hydrogens is 440 g/mol. The summed E-state index contributed by atoms with van der Waals surface area (Å²) in [7, 11) is 10.00. The molecule has 0 aliphatic carbocycles. The van der Waals surface area contributed by atoms with Crippen LogP contribution in [0, 0.1) is 0 Å². The van der Waals surface area contributed by atoms with Gasteiger partial charge in [0.25, 0.3) is 0 Å². The van der Waals surface area contributed by atoms with E-state index in [0.717, 1.165) is 14.2 Å². The molecule has 0 aromatic heterocycles. The Balaban J connectivity index is -0.0000000846. The molecule has 0 unspecified atom stereocenters. The number of carbonyl (C=O) groups excluding carboxylic acids is 1. The zero-order valence-electron chi connectivity index (χ0n) is 19.1. The van der Waals surface area contributed by atoms with Crippen LogP contribution in [-0.2, 0) is 62.2 Å². The molecule has 0 rings (SSSR count). The van der Waals surface area contributed by atoms with Crippen LogP contribution in [0.3, 0.4) is 0 Å². The van der Waals surface area contributed by atoms with Crippen LogP contribution in [0.2, 0.25) is 0 Å². The van der Waals surface area contributed by atoms with Crippen molar-refractivity contribution in [1.82, 2.24) is 0 Å². The van der Waals surface area contributed by atoms with E-state index in [-0.39, 0.29) is 0 Å². The van der Waals surface area contributed by atoms with E-state index in [2.05, 4.69) is 30.9 Å². The Bertz CT molecular complexity index is 408. The molecule has 0 radical (unpaired) electrons. The van der Waals surface area contributed by atoms with Crippen molar-refractivity contribution < 1.29 is 57.8 Å². The second-order valence-electron chi connectivity index (χ2n) is 4.15. The van der Waals surface area contributed by atoms with E-state index in [1.54, 1.807) is 28.4 Å². The second kappa shape index (κ2) is 27.1. The molecule has 0 N–H and O–H groups in total. The number of hydrogen-bond acceptors (Lipinski definition) is 13. The van der Waals surface area contributed by atoms with Gasteiger partial charge in [-0.1, -0.05) is 0 Å². The molecule has 0 aromatic carbocycles. The Hall–Kier alpha value is -0.910. The van der Waals surface area contributed by atoms with E-state index in [9.17, 15) is 17.4 Å². The maximum Gasteiger partial charge on any atom is 0.507 e. The summed E-state index contributed by atoms with van der Waals surface area (Å²) in [6.45, 7) is 3.71. The first-order valence-corrected chi connectivity index (χ1v) is 9.60. The fourth-order valence-electron chi connectivity index (χ4n) is 0.303. The third-order valence-corrected chi connectivity index (χ3v) is 3.36. The standard InChI is InChI=1S/C5H12O2.C3H6O3.C2H6O4S.C2H6O3S.C2H6O/c1-5(2,6-3)7-4;1-5-3(4)6-2;1-5-7(3,4)6-2;1-4-6(3)5-2;1-3-2/h1-4H3;1-2H3;1-2H3;1-2H3;1-2H3. The summed E-state index contributed by atoms with van der Waals surface area (Å²) in [6.07, 6.45) is -0.657. The molecule has 182 valence electrons. The summed E-state index contributed by atoms with van der Waals surface area (Å²) in [5.41, 5.74) is 0. The minimum Gasteiger partial charge on any atom is -0.438 e. The molecule has 0 aromatic rings. The Labute approximate surface area is 177 Å². The zero-order valence-corrected chi connectivity index (χ0v) is 20.8. The van der Waals surface area contributed by atoms with Crippen LogP contribution >= 0.6 is 0 Å². The first-order valence-electron chi connectivity index (χ1n) is 7.27. The van der Waals surface area contributed by atoms with E-state index >= 15 is 0 Å². The van der Waals surface area contributed by atoms with Crippen LogP contribution in [0.5, 0.6) is 0 Å². The second-order valence-corrected chi connectivity index (χ2v) is 6.71. The van der Waals surface area contributed by atoms with Gasteiger partial charge in [-0.05, 0) is 13.8 Å². The van der Waals surface area contributed by atoms with Crippen LogP contribution in [0.25, 0.3) is 0 Å². The van der Waals surface area contributed by atoms with Gasteiger partial charge in [0.05, 0.1) is 42.7 Å². The van der Waals surface area contributed by atoms with Crippen molar-refractivity contribution in [2.24, 2.45) is 0 Å². The highest BCUT2D eigenvalue weighted by Crippen LogP contribution is 2.05. The molecule has 0 heterocycles. The molecule has 13 nitrogen and oxygen atoms in total. The third kappa shape index (κ3) is 46.8. The summed E-state index contributed by atoms with van der Waals surface area (Å²) in [5.74, 6) is -0.417. The van der Waals surface area contributed by atoms with Crippen molar-refractivity contribution in [2.75, 3.05) is 71.1 Å². The Morgan fingerprint density at radius 2 is 1.00 bits per heavy atom. The molecule has 15 heteroatoms. The smallest absolute Gasteiger partial charge is 0.438 e. The highest BCUT2D eigenvalue weighted by Gasteiger charge is 2.12. The fourth-order valence-corrected chi connectivity index (χ4v) is 0.575. The quantitative estimate of drug-likeness (QED) is 0.397. The topological polar surface area (TPSA) is 151 Å². The molecule has 29 heavy (non-hydrogen) atoms. The van der Waals surface area contributed by atoms with Crippen molar-refractivity contribution in [1.29, 1.82) is 0 Å². The van der Waals surface area contributed by atoms with Gasteiger partial charge in [-0.2, -0.15) is 12.6 Å². The van der Waals surface area contributed by atoms with Crippen molar-refractivity contribution in [3.05, 3.63) is 0 Å². The highest BCUT2D eigenvalue weighted by atomic mass is 32.3. The van der Waals surface area contributed by atoms with Crippen LogP contribution in [-0.4, -0.2) is 95.7 Å². The Kier molecular flexibility index (Phi) is 36.1. The molecule has 0 fully saturated rings. The molecule has 0 aliphatic rings. The normalized spacial score (nSPS) is 9.83. The maximum absolute atomic E-state index is 9.92. The first-order chi connectivity index (χ1) is 13.3. The lowest BCUT2D eigenvalue weighted by molar-refractivity contribution is -0.178. The van der Waals surface area contributed by atoms with Gasteiger partial charge in [0, 0.05) is 28.4 Å². The van der Waals surface area contributed by atoms with Crippen molar-refractivity contribution in [3.8, 4) is 0 Å². The van der Waals surface area contributed by atoms with Gasteiger partial charge in [-0.3, -0.25) is 16.7 Å². The summed E-state index contributed by atoms with van der Waals surface area (Å²) in [4.78, 5) is 9.74. The van der Waals surface area contributed by atoms with Gasteiger partial charge in [-0.25, -0.2) is 4.79 Å². The lowest BCUT2D eigenvalue weighted by Crippen LogP contribution is -2.24. The molecule has 0 spiro atoms. The van der Waals surface area contributed by atoms with Crippen molar-refractivity contribution >= 4 is 27.9 Å². The average Bonchev–Trinajstić information content (AvgIpc) is 2.74. The van der Waals surface area contributed by atoms with Gasteiger partial charge >= 0.3 is 27.9 Å². The fraction of sp³-hybridized carbons (Fsp3) is 0.929. The first kappa shape index (κ1) is 38.7. The molecule has 0 saturated carbocycles. The summed E-state index contributed by atoms with van der Waals surface area (Å²) in [6, 6.07) is 0. The zero-order chi connectivity index (χ0) is 24.5. The van der Waals surface area contributed by atoms with Crippen LogP contribution in [0.15, 0.2) is 0 Å². The minimum atomic E-state index is -3.66. The van der Waals surface area contributed by atoms with Crippen LogP contribution in [0.1, 0.15) is 13.8 Å². The SMILES string of the molecule is COC.COC(=O)OC.COC(C)(C)OC.COS(=O)(=O)OC.COS(=O)OC. The summed E-state index contributed by atoms with van der Waals surface area (Å²) in [5, 5.41) is 0. The van der Waals surface area contributed by atoms with E-state index in [1.165, 1.54) is 28.4 Å². The average molecular weight is 477 g/mol. The molecular formula is C14H36O13S2. The monoisotopic (exact) mass is 476 g/mol. The van der Waals surface area contributed by atoms with Gasteiger partial charge in [-0.15, -0.1) is 0 Å². The van der Waals surface area contributed by atoms with Crippen molar-refractivity contribution in [2.45, 2.75) is 19.6 Å². The van der Waals surface area contributed by atoms with Gasteiger partial charge in [0.15, 0.2) is 5.79 Å². The lowest BCUT2D eigenvalue weighted by atomic mass is 10.4. The van der Waals surface area contributed by atoms with E-state index in [1.807, 2.05) is 13.8 Å². The van der Waals surface area contributed by atoms with Crippen LogP contribution < -0.4 is 0 Å². The van der Waals surface area contributed by atoms with E-state index < -0.39 is 33.7 Å². The van der Waals surface area contributed by atoms with Gasteiger partial charge in [0.1, 0.15) is 0 Å². The third-order valence-electron chi connectivity index (χ3n) is 2.00. The highest BCUT2D eigenvalue weighted by molar-refractivity contribution is 7.81. The Morgan fingerprint density at radius 1 is 0.724 bits per heavy atom. The summed E-state index contributed by atoms with van der Waals surface area (Å²) >= 11 is -1.53. The molecule has 0 saturated heterocycles. The molecule has 0 amide bonds. The minimum absolute atomic E-state index is 0.417. The van der Waals surface area contributed by atoms with E-state index in [0.29, 0.717) is 0 Å². The van der Waals surface area contributed by atoms with Crippen molar-refractivity contribution in [3.63, 3.8) is 0 Å². The number of methoxy groups -OCH3 is 5. The largest absolute Gasteiger partial charge is 0.507 e. The van der Waals surface area contributed by atoms with Crippen LogP contribution in [0.4, 0.5) is 4.79 Å². The summed E-state index contributed by atoms with van der Waals surface area (Å²) < 4.78 is 67.7. The van der Waals surface area contributed by atoms with Gasteiger partial charge in [0.2, 0.25) is 0 Å². The number of hydrogen-bond donors (Lipinski definition) is 0. The Morgan fingerprint density at radius 3 is 1.00 bits per heavy atom. The predicted molar refractivity (Wildman–Crippen MR) is 106 cm³/mol. The maximum atomic E-state index is 9.92. The number of ether oxygens (including phenoxy) is 5. The van der Waals surface area contributed by atoms with Gasteiger partial charge < -0.3 is 23.7 Å². The molecule has 0 bridgehead atoms. The predicted octanol–water partition coefficient (Wildman–Crippen LogP) is 1.06. The number of carbonyl (C=O) groups is 1. The number of rotatable bonds is 6. The lowest BCUT2D eigenvalue weighted by Gasteiger charge is -2.19. The molecule has 0 atom stereocenters.